The van der Waals surface area contributed by atoms with Crippen LogP contribution in [0.25, 0.3) is 0 Å². The lowest BCUT2D eigenvalue weighted by Crippen LogP contribution is -2.39. The number of halogens is 2. The van der Waals surface area contributed by atoms with E-state index in [1.54, 1.807) is 6.92 Å². The summed E-state index contributed by atoms with van der Waals surface area (Å²) < 4.78 is 25.6. The van der Waals surface area contributed by atoms with Crippen LogP contribution in [0.2, 0.25) is 0 Å². The van der Waals surface area contributed by atoms with Crippen molar-refractivity contribution in [2.75, 3.05) is 0 Å². The van der Waals surface area contributed by atoms with Gasteiger partial charge in [0.25, 0.3) is 0 Å². The molecule has 1 rings (SSSR count). The number of hydrogen-bond donors (Lipinski definition) is 1. The minimum absolute atomic E-state index is 0.205. The summed E-state index contributed by atoms with van der Waals surface area (Å²) in [6.45, 7) is 1.56. The van der Waals surface area contributed by atoms with Gasteiger partial charge in [-0.2, -0.15) is 5.26 Å². The van der Waals surface area contributed by atoms with Crippen molar-refractivity contribution in [3.8, 4) is 6.07 Å². The molecule has 1 saturated carbocycles. The summed E-state index contributed by atoms with van der Waals surface area (Å²) in [7, 11) is 0. The first-order valence-corrected chi connectivity index (χ1v) is 5.02. The Balaban J connectivity index is 2.41. The molecule has 1 atom stereocenters. The predicted molar refractivity (Wildman–Crippen MR) is 50.1 cm³/mol. The van der Waals surface area contributed by atoms with Gasteiger partial charge in [-0.15, -0.1) is 0 Å². The molecule has 1 aliphatic rings. The zero-order chi connectivity index (χ0) is 11.5. The van der Waals surface area contributed by atoms with Gasteiger partial charge in [0.2, 0.25) is 11.8 Å². The largest absolute Gasteiger partial charge is 0.340 e. The molecule has 1 unspecified atom stereocenters. The molecule has 0 aromatic heterocycles. The van der Waals surface area contributed by atoms with Gasteiger partial charge in [0.1, 0.15) is 6.04 Å². The summed E-state index contributed by atoms with van der Waals surface area (Å²) in [6, 6.07) is 1.32. The van der Waals surface area contributed by atoms with Crippen LogP contribution in [0.4, 0.5) is 8.78 Å². The molecule has 0 radical (unpaired) electrons. The maximum absolute atomic E-state index is 12.8. The summed E-state index contributed by atoms with van der Waals surface area (Å²) in [5, 5.41) is 11.0. The van der Waals surface area contributed by atoms with Gasteiger partial charge in [-0.25, -0.2) is 8.78 Å². The monoisotopic (exact) mass is 216 g/mol. The van der Waals surface area contributed by atoms with Gasteiger partial charge in [-0.1, -0.05) is 0 Å². The molecule has 15 heavy (non-hydrogen) atoms. The summed E-state index contributed by atoms with van der Waals surface area (Å²) in [5.41, 5.74) is 0. The van der Waals surface area contributed by atoms with Crippen LogP contribution >= 0.6 is 0 Å². The molecule has 0 spiro atoms. The first-order chi connectivity index (χ1) is 6.94. The van der Waals surface area contributed by atoms with Crippen LogP contribution in [-0.4, -0.2) is 17.9 Å². The number of nitrogens with zero attached hydrogens (tertiary/aromatic N) is 1. The Morgan fingerprint density at radius 2 is 2.07 bits per heavy atom. The van der Waals surface area contributed by atoms with Gasteiger partial charge in [0.05, 0.1) is 6.07 Å². The van der Waals surface area contributed by atoms with Crippen molar-refractivity contribution in [2.24, 2.45) is 5.92 Å². The molecule has 1 N–H and O–H groups in total. The van der Waals surface area contributed by atoms with E-state index in [0.717, 1.165) is 0 Å². The first kappa shape index (κ1) is 11.9. The van der Waals surface area contributed by atoms with E-state index in [1.807, 2.05) is 6.07 Å². The maximum Gasteiger partial charge on any atom is 0.248 e. The van der Waals surface area contributed by atoms with Crippen molar-refractivity contribution < 1.29 is 13.6 Å². The van der Waals surface area contributed by atoms with Gasteiger partial charge in [-0.3, -0.25) is 4.79 Å². The molecule has 0 bridgehead atoms. The fourth-order valence-electron chi connectivity index (χ4n) is 1.67. The Bertz CT molecular complexity index is 276. The smallest absolute Gasteiger partial charge is 0.248 e. The standard InChI is InChI=1S/C10H14F2N2O/c1-7(6-13)14-9(15)8-2-4-10(11,12)5-3-8/h7-8H,2-5H2,1H3,(H,14,15). The van der Waals surface area contributed by atoms with E-state index in [1.165, 1.54) is 0 Å². The normalized spacial score (nSPS) is 22.8. The fourth-order valence-corrected chi connectivity index (χ4v) is 1.67. The van der Waals surface area contributed by atoms with Crippen LogP contribution in [-0.2, 0) is 4.79 Å². The van der Waals surface area contributed by atoms with Gasteiger partial charge >= 0.3 is 0 Å². The number of hydrogen-bond acceptors (Lipinski definition) is 2. The Labute approximate surface area is 87.5 Å². The van der Waals surface area contributed by atoms with Gasteiger partial charge in [0, 0.05) is 18.8 Å². The van der Waals surface area contributed by atoms with Crippen LogP contribution in [0, 0.1) is 17.2 Å². The van der Waals surface area contributed by atoms with Crippen LogP contribution in [0.5, 0.6) is 0 Å². The van der Waals surface area contributed by atoms with E-state index in [2.05, 4.69) is 5.32 Å². The average molecular weight is 216 g/mol. The molecule has 1 aliphatic carbocycles. The first-order valence-electron chi connectivity index (χ1n) is 5.02. The Morgan fingerprint density at radius 3 is 2.53 bits per heavy atom. The van der Waals surface area contributed by atoms with Crippen molar-refractivity contribution in [1.29, 1.82) is 5.26 Å². The van der Waals surface area contributed by atoms with Gasteiger partial charge < -0.3 is 5.32 Å². The van der Waals surface area contributed by atoms with Crippen molar-refractivity contribution in [3.63, 3.8) is 0 Å². The minimum atomic E-state index is -2.61. The van der Waals surface area contributed by atoms with E-state index in [4.69, 9.17) is 5.26 Å². The summed E-state index contributed by atoms with van der Waals surface area (Å²) in [6.07, 6.45) is -0.0496. The maximum atomic E-state index is 12.8. The highest BCUT2D eigenvalue weighted by molar-refractivity contribution is 5.79. The molecule has 0 heterocycles. The van der Waals surface area contributed by atoms with Crippen molar-refractivity contribution in [1.82, 2.24) is 5.32 Å². The van der Waals surface area contributed by atoms with Crippen LogP contribution in [0.3, 0.4) is 0 Å². The number of alkyl halides is 2. The topological polar surface area (TPSA) is 52.9 Å². The third kappa shape index (κ3) is 3.46. The lowest BCUT2D eigenvalue weighted by molar-refractivity contribution is -0.129. The average Bonchev–Trinajstić information content (AvgIpc) is 2.17. The SMILES string of the molecule is CC(C#N)NC(=O)C1CCC(F)(F)CC1. The van der Waals surface area contributed by atoms with Crippen LogP contribution in [0.1, 0.15) is 32.6 Å². The van der Waals surface area contributed by atoms with Crippen molar-refractivity contribution in [3.05, 3.63) is 0 Å². The molecule has 0 aromatic carbocycles. The quantitative estimate of drug-likeness (QED) is 0.765. The molecular formula is C10H14F2N2O. The number of nitrogens with one attached hydrogen (secondary N) is 1. The molecule has 0 aromatic rings. The highest BCUT2D eigenvalue weighted by Crippen LogP contribution is 2.36. The minimum Gasteiger partial charge on any atom is -0.340 e. The zero-order valence-corrected chi connectivity index (χ0v) is 8.59. The van der Waals surface area contributed by atoms with Gasteiger partial charge in [0.15, 0.2) is 0 Å². The van der Waals surface area contributed by atoms with Crippen LogP contribution in [0.15, 0.2) is 0 Å². The molecule has 0 saturated heterocycles. The highest BCUT2D eigenvalue weighted by Gasteiger charge is 2.37. The number of nitriles is 1. The Hall–Kier alpha value is -1.18. The molecule has 1 amide bonds. The molecule has 1 fully saturated rings. The van der Waals surface area contributed by atoms with Gasteiger partial charge in [-0.05, 0) is 19.8 Å². The lowest BCUT2D eigenvalue weighted by Gasteiger charge is -2.27. The number of carbonyl (C=O) groups is 1. The second-order valence-corrected chi connectivity index (χ2v) is 3.99. The number of rotatable bonds is 2. The molecule has 5 heteroatoms. The second kappa shape index (κ2) is 4.56. The Kier molecular flexibility index (Phi) is 3.61. The fraction of sp³-hybridized carbons (Fsp3) is 0.800. The third-order valence-electron chi connectivity index (χ3n) is 2.64. The molecule has 0 aliphatic heterocycles. The number of amides is 1. The highest BCUT2D eigenvalue weighted by atomic mass is 19.3. The molecule has 3 nitrogen and oxygen atoms in total. The summed E-state index contributed by atoms with van der Waals surface area (Å²) >= 11 is 0. The van der Waals surface area contributed by atoms with E-state index in [9.17, 15) is 13.6 Å². The van der Waals surface area contributed by atoms with Crippen molar-refractivity contribution in [2.45, 2.75) is 44.6 Å². The van der Waals surface area contributed by atoms with Crippen molar-refractivity contribution >= 4 is 5.91 Å². The van der Waals surface area contributed by atoms with E-state index in [-0.39, 0.29) is 37.5 Å². The lowest BCUT2D eigenvalue weighted by atomic mass is 9.86. The van der Waals surface area contributed by atoms with Crippen LogP contribution < -0.4 is 5.32 Å². The summed E-state index contributed by atoms with van der Waals surface area (Å²) in [4.78, 5) is 11.5. The zero-order valence-electron chi connectivity index (χ0n) is 8.59. The molecule has 84 valence electrons. The summed E-state index contributed by atoms with van der Waals surface area (Å²) in [5.74, 6) is -3.25. The third-order valence-corrected chi connectivity index (χ3v) is 2.64. The van der Waals surface area contributed by atoms with E-state index in [0.29, 0.717) is 0 Å². The van der Waals surface area contributed by atoms with E-state index >= 15 is 0 Å². The number of carbonyl (C=O) groups excluding carboxylic acids is 1. The van der Waals surface area contributed by atoms with E-state index < -0.39 is 12.0 Å². The predicted octanol–water partition coefficient (Wildman–Crippen LogP) is 1.84. The second-order valence-electron chi connectivity index (χ2n) is 3.99. The Morgan fingerprint density at radius 1 is 1.53 bits per heavy atom. The molecular weight excluding hydrogens is 202 g/mol.